The van der Waals surface area contributed by atoms with Crippen LogP contribution in [-0.4, -0.2) is 33.3 Å². The Morgan fingerprint density at radius 1 is 1.37 bits per heavy atom. The summed E-state index contributed by atoms with van der Waals surface area (Å²) >= 11 is 0. The van der Waals surface area contributed by atoms with Crippen LogP contribution in [0.4, 0.5) is 5.69 Å². The van der Waals surface area contributed by atoms with Gasteiger partial charge < -0.3 is 14.6 Å². The number of carbonyl (C=O) groups excluding carboxylic acids is 1. The molecule has 0 heterocycles. The van der Waals surface area contributed by atoms with Crippen LogP contribution >= 0.6 is 0 Å². The fourth-order valence-corrected chi connectivity index (χ4v) is 2.82. The van der Waals surface area contributed by atoms with Crippen LogP contribution in [0.2, 0.25) is 0 Å². The molecule has 6 nitrogen and oxygen atoms in total. The van der Waals surface area contributed by atoms with Crippen LogP contribution in [0.1, 0.15) is 13.8 Å². The number of aliphatic carboxylic acids is 1. The Hall–Kier alpha value is -1.76. The molecule has 0 fully saturated rings. The molecular weight excluding hydrogens is 270 g/mol. The van der Waals surface area contributed by atoms with Crippen LogP contribution in [0.3, 0.4) is 0 Å². The number of nitrogens with zero attached hydrogens (tertiary/aromatic N) is 1. The highest BCUT2D eigenvalue weighted by molar-refractivity contribution is 7.92. The predicted octanol–water partition coefficient (Wildman–Crippen LogP) is -0.0103. The van der Waals surface area contributed by atoms with Crippen molar-refractivity contribution in [1.29, 1.82) is 0 Å². The highest BCUT2D eigenvalue weighted by atomic mass is 32.2. The molecule has 0 aliphatic heterocycles. The second kappa shape index (κ2) is 5.92. The third-order valence-corrected chi connectivity index (χ3v) is 3.69. The van der Waals surface area contributed by atoms with Gasteiger partial charge in [-0.15, -0.1) is 0 Å². The van der Waals surface area contributed by atoms with E-state index in [2.05, 4.69) is 0 Å². The average Bonchev–Trinajstić information content (AvgIpc) is 2.30. The first-order chi connectivity index (χ1) is 8.77. The summed E-state index contributed by atoms with van der Waals surface area (Å²) < 4.78 is 29.4. The molecule has 0 N–H and O–H groups in total. The molecule has 1 rings (SSSR count). The lowest BCUT2D eigenvalue weighted by molar-refractivity contribution is -0.306. The highest BCUT2D eigenvalue weighted by Crippen LogP contribution is 2.23. The molecule has 1 aromatic carbocycles. The van der Waals surface area contributed by atoms with Crippen molar-refractivity contribution in [3.8, 4) is 5.75 Å². The largest absolute Gasteiger partial charge is 0.548 e. The van der Waals surface area contributed by atoms with Gasteiger partial charge in [-0.3, -0.25) is 4.31 Å². The number of carboxylic acid groups (broad SMARTS) is 1. The summed E-state index contributed by atoms with van der Waals surface area (Å²) in [7, 11) is -3.72. The lowest BCUT2D eigenvalue weighted by Crippen LogP contribution is -2.48. The summed E-state index contributed by atoms with van der Waals surface area (Å²) in [6.45, 7) is 3.58. The summed E-state index contributed by atoms with van der Waals surface area (Å²) in [6.07, 6.45) is 0.947. The van der Waals surface area contributed by atoms with Crippen molar-refractivity contribution in [3.05, 3.63) is 24.3 Å². The van der Waals surface area contributed by atoms with Crippen molar-refractivity contribution in [3.63, 3.8) is 0 Å². The first-order valence-corrected chi connectivity index (χ1v) is 7.55. The number of ether oxygens (including phenoxy) is 1. The zero-order valence-electron chi connectivity index (χ0n) is 11.0. The second-order valence-corrected chi connectivity index (χ2v) is 5.84. The minimum atomic E-state index is -3.72. The van der Waals surface area contributed by atoms with Crippen LogP contribution in [0.5, 0.6) is 5.75 Å². The number of sulfonamides is 1. The molecule has 0 aliphatic rings. The fourth-order valence-electron chi connectivity index (χ4n) is 1.65. The molecule has 0 aliphatic carbocycles. The Morgan fingerprint density at radius 2 is 1.89 bits per heavy atom. The summed E-state index contributed by atoms with van der Waals surface area (Å²) in [5.74, 6) is -0.875. The van der Waals surface area contributed by atoms with Crippen molar-refractivity contribution in [2.45, 2.75) is 19.9 Å². The SMILES string of the molecule is CCOc1ccc(N([C@@H](C)C(=O)[O-])S(C)(=O)=O)cc1. The third kappa shape index (κ3) is 3.85. The van der Waals surface area contributed by atoms with E-state index >= 15 is 0 Å². The molecular formula is C12H16NO5S-. The maximum atomic E-state index is 11.7. The van der Waals surface area contributed by atoms with Gasteiger partial charge in [0.2, 0.25) is 10.0 Å². The predicted molar refractivity (Wildman–Crippen MR) is 69.4 cm³/mol. The van der Waals surface area contributed by atoms with Gasteiger partial charge in [0.1, 0.15) is 5.75 Å². The van der Waals surface area contributed by atoms with Crippen LogP contribution in [0.25, 0.3) is 0 Å². The normalized spacial score (nSPS) is 12.8. The molecule has 0 radical (unpaired) electrons. The molecule has 0 bridgehead atoms. The van der Waals surface area contributed by atoms with Crippen LogP contribution in [0.15, 0.2) is 24.3 Å². The maximum Gasteiger partial charge on any atom is 0.232 e. The van der Waals surface area contributed by atoms with Gasteiger partial charge in [-0.2, -0.15) is 0 Å². The van der Waals surface area contributed by atoms with E-state index in [1.807, 2.05) is 6.92 Å². The number of carboxylic acids is 1. The number of rotatable bonds is 6. The van der Waals surface area contributed by atoms with Gasteiger partial charge in [-0.1, -0.05) is 0 Å². The number of hydrogen-bond acceptors (Lipinski definition) is 5. The fraction of sp³-hybridized carbons (Fsp3) is 0.417. The van der Waals surface area contributed by atoms with E-state index in [-0.39, 0.29) is 5.69 Å². The Kier molecular flexibility index (Phi) is 4.77. The quantitative estimate of drug-likeness (QED) is 0.734. The Balaban J connectivity index is 3.15. The van der Waals surface area contributed by atoms with Crippen molar-refractivity contribution in [1.82, 2.24) is 0 Å². The number of hydrogen-bond donors (Lipinski definition) is 0. The highest BCUT2D eigenvalue weighted by Gasteiger charge is 2.24. The number of anilines is 1. The lowest BCUT2D eigenvalue weighted by Gasteiger charge is -2.29. The van der Waals surface area contributed by atoms with E-state index in [9.17, 15) is 18.3 Å². The molecule has 106 valence electrons. The van der Waals surface area contributed by atoms with Gasteiger partial charge >= 0.3 is 0 Å². The van der Waals surface area contributed by atoms with Crippen LogP contribution in [0, 0.1) is 0 Å². The van der Waals surface area contributed by atoms with E-state index in [4.69, 9.17) is 4.74 Å². The van der Waals surface area contributed by atoms with E-state index in [0.29, 0.717) is 12.4 Å². The van der Waals surface area contributed by atoms with Crippen LogP contribution in [-0.2, 0) is 14.8 Å². The van der Waals surface area contributed by atoms with Gasteiger partial charge in [-0.25, -0.2) is 8.42 Å². The van der Waals surface area contributed by atoms with Gasteiger partial charge in [0, 0.05) is 0 Å². The van der Waals surface area contributed by atoms with Gasteiger partial charge in [-0.05, 0) is 38.1 Å². The zero-order valence-corrected chi connectivity index (χ0v) is 11.8. The van der Waals surface area contributed by atoms with E-state index in [0.717, 1.165) is 10.6 Å². The first-order valence-electron chi connectivity index (χ1n) is 5.70. The minimum Gasteiger partial charge on any atom is -0.548 e. The maximum absolute atomic E-state index is 11.7. The van der Waals surface area contributed by atoms with Crippen molar-refractivity contribution in [2.24, 2.45) is 0 Å². The Bertz CT molecular complexity index is 538. The lowest BCUT2D eigenvalue weighted by atomic mass is 10.2. The molecule has 19 heavy (non-hydrogen) atoms. The molecule has 0 amide bonds. The molecule has 0 saturated heterocycles. The monoisotopic (exact) mass is 286 g/mol. The molecule has 0 unspecified atom stereocenters. The summed E-state index contributed by atoms with van der Waals surface area (Å²) in [6, 6.07) is 4.86. The first kappa shape index (κ1) is 15.3. The molecule has 1 aromatic rings. The summed E-state index contributed by atoms with van der Waals surface area (Å²) in [4.78, 5) is 10.9. The molecule has 0 spiro atoms. The molecule has 7 heteroatoms. The number of carbonyl (C=O) groups is 1. The minimum absolute atomic E-state index is 0.252. The van der Waals surface area contributed by atoms with Crippen molar-refractivity contribution >= 4 is 21.7 Å². The standard InChI is InChI=1S/C12H17NO5S/c1-4-18-11-7-5-10(6-8-11)13(19(3,16)17)9(2)12(14)15/h5-9H,4H2,1-3H3,(H,14,15)/p-1/t9-/m0/s1. The van der Waals surface area contributed by atoms with Crippen molar-refractivity contribution in [2.75, 3.05) is 17.2 Å². The van der Waals surface area contributed by atoms with Gasteiger partial charge in [0.15, 0.2) is 0 Å². The zero-order chi connectivity index (χ0) is 14.6. The van der Waals surface area contributed by atoms with Gasteiger partial charge in [0.25, 0.3) is 0 Å². The van der Waals surface area contributed by atoms with Gasteiger partial charge in [0.05, 0.1) is 30.6 Å². The summed E-state index contributed by atoms with van der Waals surface area (Å²) in [5, 5.41) is 10.9. The summed E-state index contributed by atoms with van der Waals surface area (Å²) in [5.41, 5.74) is 0.252. The van der Waals surface area contributed by atoms with E-state index < -0.39 is 22.0 Å². The number of benzene rings is 1. The average molecular weight is 286 g/mol. The Morgan fingerprint density at radius 3 is 2.26 bits per heavy atom. The topological polar surface area (TPSA) is 86.7 Å². The smallest absolute Gasteiger partial charge is 0.232 e. The van der Waals surface area contributed by atoms with Crippen molar-refractivity contribution < 1.29 is 23.1 Å². The molecule has 1 atom stereocenters. The van der Waals surface area contributed by atoms with E-state index in [1.165, 1.54) is 19.1 Å². The third-order valence-electron chi connectivity index (χ3n) is 2.45. The van der Waals surface area contributed by atoms with E-state index in [1.54, 1.807) is 12.1 Å². The second-order valence-electron chi connectivity index (χ2n) is 3.98. The molecule has 0 saturated carbocycles. The Labute approximate surface area is 112 Å². The van der Waals surface area contributed by atoms with Crippen LogP contribution < -0.4 is 14.1 Å². The molecule has 0 aromatic heterocycles.